The number of esters is 1. The maximum Gasteiger partial charge on any atom is 0.333 e. The first-order chi connectivity index (χ1) is 6.08. The lowest BCUT2D eigenvalue weighted by atomic mass is 10.8. The van der Waals surface area contributed by atoms with Gasteiger partial charge < -0.3 is 13.8 Å². The van der Waals surface area contributed by atoms with Crippen LogP contribution >= 0.6 is 20.2 Å². The lowest BCUT2D eigenvalue weighted by molar-refractivity contribution is -0.139. The molecule has 0 aliphatic rings. The van der Waals surface area contributed by atoms with E-state index in [4.69, 9.17) is 0 Å². The van der Waals surface area contributed by atoms with Crippen molar-refractivity contribution in [2.45, 2.75) is 0 Å². The normalized spacial score (nSPS) is 11.3. The van der Waals surface area contributed by atoms with Crippen LogP contribution in [0.25, 0.3) is 0 Å². The van der Waals surface area contributed by atoms with Crippen LogP contribution in [0.2, 0.25) is 0 Å². The minimum Gasteiger partial charge on any atom is -0.464 e. The molecule has 0 spiro atoms. The zero-order chi connectivity index (χ0) is 10.3. The molecule has 5 nitrogen and oxygen atoms in total. The molecule has 0 unspecified atom stereocenters. The van der Waals surface area contributed by atoms with Gasteiger partial charge >= 0.3 is 13.6 Å². The van der Waals surface area contributed by atoms with Crippen LogP contribution in [0.1, 0.15) is 0 Å². The fourth-order valence-corrected chi connectivity index (χ4v) is 1.49. The number of thiol groups is 1. The molecule has 0 amide bonds. The molecule has 0 aliphatic carbocycles. The predicted molar refractivity (Wildman–Crippen MR) is 51.3 cm³/mol. The summed E-state index contributed by atoms with van der Waals surface area (Å²) in [5, 5.41) is 0. The molecule has 7 heteroatoms. The fraction of sp³-hybridized carbons (Fsp3) is 0.833. The van der Waals surface area contributed by atoms with Gasteiger partial charge in [0, 0.05) is 14.2 Å². The molecule has 0 N–H and O–H groups in total. The van der Waals surface area contributed by atoms with E-state index < -0.39 is 13.6 Å². The van der Waals surface area contributed by atoms with E-state index in [1.165, 1.54) is 14.2 Å². The quantitative estimate of drug-likeness (QED) is 0.416. The van der Waals surface area contributed by atoms with Gasteiger partial charge in [0.25, 0.3) is 0 Å². The molecule has 0 heterocycles. The molecule has 0 saturated heterocycles. The summed E-state index contributed by atoms with van der Waals surface area (Å²) in [5.41, 5.74) is 0. The zero-order valence-corrected chi connectivity index (χ0v) is 9.35. The summed E-state index contributed by atoms with van der Waals surface area (Å²) in [6.07, 6.45) is 0.0551. The highest BCUT2D eigenvalue weighted by molar-refractivity contribution is 7.81. The van der Waals surface area contributed by atoms with Crippen molar-refractivity contribution in [2.24, 2.45) is 0 Å². The highest BCUT2D eigenvalue weighted by Gasteiger charge is 2.20. The minimum atomic E-state index is -3.05. The Bertz CT molecular complexity index is 199. The van der Waals surface area contributed by atoms with Crippen LogP contribution in [0.3, 0.4) is 0 Å². The van der Waals surface area contributed by atoms with Crippen molar-refractivity contribution < 1.29 is 23.1 Å². The molecule has 0 radical (unpaired) electrons. The van der Waals surface area contributed by atoms with Crippen LogP contribution in [0.5, 0.6) is 0 Å². The largest absolute Gasteiger partial charge is 0.464 e. The molecule has 0 fully saturated rings. The molecule has 0 rings (SSSR count). The van der Waals surface area contributed by atoms with E-state index in [1.54, 1.807) is 0 Å². The third-order valence-corrected chi connectivity index (χ3v) is 3.41. The number of rotatable bonds is 6. The number of carbonyl (C=O) groups is 1. The first-order valence-electron chi connectivity index (χ1n) is 3.55. The van der Waals surface area contributed by atoms with Crippen molar-refractivity contribution in [2.75, 3.05) is 32.7 Å². The Labute approximate surface area is 82.7 Å². The monoisotopic (exact) mass is 228 g/mol. The van der Waals surface area contributed by atoms with Crippen LogP contribution in [0.4, 0.5) is 0 Å². The van der Waals surface area contributed by atoms with Crippen molar-refractivity contribution in [1.29, 1.82) is 0 Å². The summed E-state index contributed by atoms with van der Waals surface area (Å²) in [7, 11) is -0.485. The third-order valence-electron chi connectivity index (χ3n) is 1.31. The maximum atomic E-state index is 11.4. The number of ether oxygens (including phenoxy) is 1. The Balaban J connectivity index is 3.74. The Morgan fingerprint density at radius 2 is 1.92 bits per heavy atom. The lowest BCUT2D eigenvalue weighted by Gasteiger charge is -2.12. The maximum absolute atomic E-state index is 11.4. The zero-order valence-electron chi connectivity index (χ0n) is 7.56. The standard InChI is InChI=1S/C6H13O5PS/c1-9-12(8,10-2)4-3-11-6(7)5-13/h13H,3-5H2,1-2H3. The highest BCUT2D eigenvalue weighted by Crippen LogP contribution is 2.45. The average Bonchev–Trinajstić information content (AvgIpc) is 2.17. The highest BCUT2D eigenvalue weighted by atomic mass is 32.1. The second kappa shape index (κ2) is 6.43. The van der Waals surface area contributed by atoms with Crippen molar-refractivity contribution in [1.82, 2.24) is 0 Å². The smallest absolute Gasteiger partial charge is 0.333 e. The van der Waals surface area contributed by atoms with Crippen LogP contribution in [0.15, 0.2) is 0 Å². The Kier molecular flexibility index (Phi) is 6.41. The Morgan fingerprint density at radius 1 is 1.38 bits per heavy atom. The van der Waals surface area contributed by atoms with Gasteiger partial charge in [-0.05, 0) is 0 Å². The Hall–Kier alpha value is -0.0300. The van der Waals surface area contributed by atoms with Gasteiger partial charge in [0.15, 0.2) is 0 Å². The van der Waals surface area contributed by atoms with E-state index in [2.05, 4.69) is 26.4 Å². The molecule has 78 valence electrons. The van der Waals surface area contributed by atoms with Crippen molar-refractivity contribution in [3.8, 4) is 0 Å². The molecular weight excluding hydrogens is 215 g/mol. The first kappa shape index (κ1) is 13.0. The van der Waals surface area contributed by atoms with Crippen molar-refractivity contribution >= 4 is 26.2 Å². The lowest BCUT2D eigenvalue weighted by Crippen LogP contribution is -2.10. The summed E-state index contributed by atoms with van der Waals surface area (Å²) in [4.78, 5) is 10.6. The average molecular weight is 228 g/mol. The van der Waals surface area contributed by atoms with E-state index in [0.717, 1.165) is 0 Å². The number of carbonyl (C=O) groups excluding carboxylic acids is 1. The molecule has 0 aromatic rings. The number of hydrogen-bond donors (Lipinski definition) is 1. The van der Waals surface area contributed by atoms with Crippen LogP contribution in [-0.4, -0.2) is 38.7 Å². The van der Waals surface area contributed by atoms with Gasteiger partial charge in [-0.1, -0.05) is 0 Å². The van der Waals surface area contributed by atoms with Gasteiger partial charge in [0.2, 0.25) is 0 Å². The van der Waals surface area contributed by atoms with Gasteiger partial charge in [-0.25, -0.2) is 0 Å². The van der Waals surface area contributed by atoms with Crippen LogP contribution in [0, 0.1) is 0 Å². The topological polar surface area (TPSA) is 61.8 Å². The molecule has 0 bridgehead atoms. The summed E-state index contributed by atoms with van der Waals surface area (Å²) in [5.74, 6) is -0.452. The summed E-state index contributed by atoms with van der Waals surface area (Å²) < 4.78 is 25.3. The second-order valence-corrected chi connectivity index (χ2v) is 4.79. The van der Waals surface area contributed by atoms with Crippen LogP contribution in [-0.2, 0) is 23.1 Å². The van der Waals surface area contributed by atoms with E-state index in [9.17, 15) is 9.36 Å². The molecule has 0 atom stereocenters. The van der Waals surface area contributed by atoms with E-state index >= 15 is 0 Å². The van der Waals surface area contributed by atoms with Gasteiger partial charge in [0.1, 0.15) is 6.61 Å². The van der Waals surface area contributed by atoms with Crippen molar-refractivity contribution in [3.05, 3.63) is 0 Å². The SMILES string of the molecule is COP(=O)(CCOC(=O)CS)OC. The molecule has 13 heavy (non-hydrogen) atoms. The van der Waals surface area contributed by atoms with Gasteiger partial charge in [-0.3, -0.25) is 9.36 Å². The molecule has 0 aliphatic heterocycles. The van der Waals surface area contributed by atoms with Gasteiger partial charge in [-0.2, -0.15) is 12.6 Å². The summed E-state index contributed by atoms with van der Waals surface area (Å²) >= 11 is 3.70. The minimum absolute atomic E-state index is 0.00423. The second-order valence-electron chi connectivity index (χ2n) is 2.08. The predicted octanol–water partition coefficient (Wildman–Crippen LogP) is 0.945. The summed E-state index contributed by atoms with van der Waals surface area (Å²) in [6, 6.07) is 0. The fourth-order valence-electron chi connectivity index (χ4n) is 0.574. The first-order valence-corrected chi connectivity index (χ1v) is 5.91. The molecule has 0 aromatic carbocycles. The molecule has 0 aromatic heterocycles. The van der Waals surface area contributed by atoms with E-state index in [1.807, 2.05) is 0 Å². The molecular formula is C6H13O5PS. The van der Waals surface area contributed by atoms with E-state index in [0.29, 0.717) is 0 Å². The van der Waals surface area contributed by atoms with E-state index in [-0.39, 0.29) is 18.5 Å². The molecule has 0 saturated carbocycles. The third kappa shape index (κ3) is 5.31. The Morgan fingerprint density at radius 3 is 2.31 bits per heavy atom. The summed E-state index contributed by atoms with van der Waals surface area (Å²) in [6.45, 7) is 0.0123. The van der Waals surface area contributed by atoms with Gasteiger partial charge in [-0.15, -0.1) is 0 Å². The number of hydrogen-bond acceptors (Lipinski definition) is 6. The van der Waals surface area contributed by atoms with Crippen LogP contribution < -0.4 is 0 Å². The van der Waals surface area contributed by atoms with Crippen molar-refractivity contribution in [3.63, 3.8) is 0 Å². The van der Waals surface area contributed by atoms with Gasteiger partial charge in [0.05, 0.1) is 11.9 Å².